The quantitative estimate of drug-likeness (QED) is 0.629. The lowest BCUT2D eigenvalue weighted by molar-refractivity contribution is 0.0275. The molecule has 0 spiro atoms. The maximum atomic E-state index is 11.5. The van der Waals surface area contributed by atoms with Gasteiger partial charge >= 0.3 is 6.09 Å². The van der Waals surface area contributed by atoms with Gasteiger partial charge in [-0.25, -0.2) is 4.79 Å². The minimum absolute atomic E-state index is 0.465. The number of hydrogen-bond donors (Lipinski definition) is 3. The number of carbonyl (C=O) groups is 1. The molecule has 0 heterocycles. The summed E-state index contributed by atoms with van der Waals surface area (Å²) in [5.41, 5.74) is -2.23. The summed E-state index contributed by atoms with van der Waals surface area (Å²) in [6.45, 7) is 11.5. The number of rotatable bonds is 5. The van der Waals surface area contributed by atoms with Crippen molar-refractivity contribution in [3.05, 3.63) is 25.3 Å². The number of carbonyl (C=O) groups excluding carboxylic acids is 1. The van der Waals surface area contributed by atoms with Crippen LogP contribution in [0.2, 0.25) is 0 Å². The minimum atomic E-state index is -1.58. The molecular formula is C12H21NO4. The van der Waals surface area contributed by atoms with E-state index in [2.05, 4.69) is 18.5 Å². The van der Waals surface area contributed by atoms with Crippen molar-refractivity contribution in [3.8, 4) is 0 Å². The largest absolute Gasteiger partial charge is 0.444 e. The Kier molecular flexibility index (Phi) is 5.38. The van der Waals surface area contributed by atoms with Crippen LogP contribution in [0, 0.1) is 0 Å². The lowest BCUT2D eigenvalue weighted by Crippen LogP contribution is -2.53. The lowest BCUT2D eigenvalue weighted by Gasteiger charge is -2.31. The fourth-order valence-electron chi connectivity index (χ4n) is 1.13. The molecule has 3 N–H and O–H groups in total. The molecule has 1 atom stereocenters. The summed E-state index contributed by atoms with van der Waals surface area (Å²) in [7, 11) is 0. The smallest absolute Gasteiger partial charge is 0.408 e. The second-order valence-electron chi connectivity index (χ2n) is 4.68. The molecule has 0 aliphatic carbocycles. The summed E-state index contributed by atoms with van der Waals surface area (Å²) in [5, 5.41) is 21.5. The van der Waals surface area contributed by atoms with Gasteiger partial charge in [-0.3, -0.25) is 0 Å². The maximum Gasteiger partial charge on any atom is 0.408 e. The Morgan fingerprint density at radius 3 is 2.18 bits per heavy atom. The lowest BCUT2D eigenvalue weighted by atomic mass is 9.95. The molecule has 0 saturated heterocycles. The highest BCUT2D eigenvalue weighted by molar-refractivity contribution is 5.68. The molecule has 0 rings (SSSR count). The fourth-order valence-corrected chi connectivity index (χ4v) is 1.13. The first-order valence-corrected chi connectivity index (χ1v) is 5.28. The van der Waals surface area contributed by atoms with Gasteiger partial charge in [0.15, 0.2) is 0 Å². The number of alkyl carbamates (subject to hydrolysis) is 1. The van der Waals surface area contributed by atoms with Crippen LogP contribution in [-0.2, 0) is 4.74 Å². The monoisotopic (exact) mass is 243 g/mol. The van der Waals surface area contributed by atoms with Gasteiger partial charge in [0.1, 0.15) is 11.2 Å². The number of nitrogens with one attached hydrogen (secondary N) is 1. The Bertz CT molecular complexity index is 285. The third kappa shape index (κ3) is 5.01. The summed E-state index contributed by atoms with van der Waals surface area (Å²) in [6, 6.07) is -0.952. The van der Waals surface area contributed by atoms with E-state index >= 15 is 0 Å². The molecule has 0 aliphatic rings. The van der Waals surface area contributed by atoms with Crippen molar-refractivity contribution in [1.29, 1.82) is 0 Å². The van der Waals surface area contributed by atoms with Crippen LogP contribution in [0.4, 0.5) is 4.79 Å². The molecule has 1 unspecified atom stereocenters. The third-order valence-electron chi connectivity index (χ3n) is 2.09. The molecule has 5 heteroatoms. The van der Waals surface area contributed by atoms with Crippen LogP contribution in [0.1, 0.15) is 20.8 Å². The van der Waals surface area contributed by atoms with E-state index in [0.29, 0.717) is 0 Å². The van der Waals surface area contributed by atoms with Gasteiger partial charge < -0.3 is 20.3 Å². The molecule has 17 heavy (non-hydrogen) atoms. The predicted molar refractivity (Wildman–Crippen MR) is 65.6 cm³/mol. The molecule has 98 valence electrons. The van der Waals surface area contributed by atoms with E-state index in [0.717, 1.165) is 0 Å². The van der Waals surface area contributed by atoms with Crippen LogP contribution in [-0.4, -0.2) is 40.2 Å². The van der Waals surface area contributed by atoms with E-state index < -0.39 is 29.9 Å². The van der Waals surface area contributed by atoms with Gasteiger partial charge in [-0.1, -0.05) is 25.3 Å². The summed E-state index contributed by atoms with van der Waals surface area (Å²) >= 11 is 0. The summed E-state index contributed by atoms with van der Waals surface area (Å²) in [4.78, 5) is 11.5. The summed E-state index contributed by atoms with van der Waals surface area (Å²) < 4.78 is 5.01. The predicted octanol–water partition coefficient (Wildman–Crippen LogP) is 0.975. The van der Waals surface area contributed by atoms with Crippen LogP contribution in [0.25, 0.3) is 0 Å². The molecule has 0 aliphatic heterocycles. The zero-order valence-electron chi connectivity index (χ0n) is 10.6. The second kappa shape index (κ2) is 5.84. The Balaban J connectivity index is 4.67. The van der Waals surface area contributed by atoms with Gasteiger partial charge in [0.25, 0.3) is 0 Å². The summed E-state index contributed by atoms with van der Waals surface area (Å²) in [6.07, 6.45) is 1.66. The van der Waals surface area contributed by atoms with Crippen LogP contribution in [0.3, 0.4) is 0 Å². The van der Waals surface area contributed by atoms with Crippen molar-refractivity contribution in [3.63, 3.8) is 0 Å². The zero-order valence-corrected chi connectivity index (χ0v) is 10.6. The van der Waals surface area contributed by atoms with Gasteiger partial charge in [0.2, 0.25) is 0 Å². The first-order valence-electron chi connectivity index (χ1n) is 5.28. The normalized spacial score (nSPS) is 13.7. The van der Waals surface area contributed by atoms with Crippen molar-refractivity contribution in [2.45, 2.75) is 38.0 Å². The molecule has 0 saturated carbocycles. The van der Waals surface area contributed by atoms with Crippen molar-refractivity contribution in [2.24, 2.45) is 0 Å². The maximum absolute atomic E-state index is 11.5. The molecule has 0 aromatic heterocycles. The van der Waals surface area contributed by atoms with Gasteiger partial charge in [-0.2, -0.15) is 0 Å². The SMILES string of the molecule is C=CC(O)(C=C)C(CO)NC(=O)OC(C)(C)C. The number of aliphatic hydroxyl groups is 2. The molecule has 5 nitrogen and oxygen atoms in total. The number of aliphatic hydroxyl groups excluding tert-OH is 1. The van der Waals surface area contributed by atoms with Crippen molar-refractivity contribution in [2.75, 3.05) is 6.61 Å². The number of ether oxygens (including phenoxy) is 1. The topological polar surface area (TPSA) is 78.8 Å². The van der Waals surface area contributed by atoms with E-state index in [1.54, 1.807) is 20.8 Å². The third-order valence-corrected chi connectivity index (χ3v) is 2.09. The van der Waals surface area contributed by atoms with Gasteiger partial charge in [-0.05, 0) is 20.8 Å². The van der Waals surface area contributed by atoms with E-state index in [-0.39, 0.29) is 0 Å². The van der Waals surface area contributed by atoms with Gasteiger partial charge in [0, 0.05) is 0 Å². The standard InChI is InChI=1S/C12H21NO4/c1-6-12(16,7-2)9(8-14)13-10(15)17-11(3,4)5/h6-7,9,14,16H,1-2,8H2,3-5H3,(H,13,15). The molecule has 1 amide bonds. The van der Waals surface area contributed by atoms with Crippen LogP contribution < -0.4 is 5.32 Å². The van der Waals surface area contributed by atoms with E-state index in [4.69, 9.17) is 9.84 Å². The average Bonchev–Trinajstić information content (AvgIpc) is 2.22. The number of amides is 1. The molecule has 0 fully saturated rings. The van der Waals surface area contributed by atoms with Crippen LogP contribution >= 0.6 is 0 Å². The highest BCUT2D eigenvalue weighted by Gasteiger charge is 2.32. The van der Waals surface area contributed by atoms with Gasteiger partial charge in [0.05, 0.1) is 12.6 Å². The minimum Gasteiger partial charge on any atom is -0.444 e. The van der Waals surface area contributed by atoms with E-state index in [1.807, 2.05) is 0 Å². The van der Waals surface area contributed by atoms with Crippen molar-refractivity contribution >= 4 is 6.09 Å². The Hall–Kier alpha value is -1.33. The summed E-state index contributed by atoms with van der Waals surface area (Å²) in [5.74, 6) is 0. The van der Waals surface area contributed by atoms with Crippen LogP contribution in [0.15, 0.2) is 25.3 Å². The molecule has 0 aromatic carbocycles. The fraction of sp³-hybridized carbons (Fsp3) is 0.583. The Labute approximate surface area is 102 Å². The molecule has 0 bridgehead atoms. The van der Waals surface area contributed by atoms with Crippen LogP contribution in [0.5, 0.6) is 0 Å². The Morgan fingerprint density at radius 2 is 1.88 bits per heavy atom. The number of hydrogen-bond acceptors (Lipinski definition) is 4. The Morgan fingerprint density at radius 1 is 1.41 bits per heavy atom. The van der Waals surface area contributed by atoms with Crippen molar-refractivity contribution in [1.82, 2.24) is 5.32 Å². The molecular weight excluding hydrogens is 222 g/mol. The van der Waals surface area contributed by atoms with E-state index in [1.165, 1.54) is 12.2 Å². The van der Waals surface area contributed by atoms with Gasteiger partial charge in [-0.15, -0.1) is 0 Å². The highest BCUT2D eigenvalue weighted by Crippen LogP contribution is 2.14. The molecule has 0 aromatic rings. The molecule has 0 radical (unpaired) electrons. The highest BCUT2D eigenvalue weighted by atomic mass is 16.6. The average molecular weight is 243 g/mol. The first-order chi connectivity index (χ1) is 7.68. The van der Waals surface area contributed by atoms with E-state index in [9.17, 15) is 9.90 Å². The van der Waals surface area contributed by atoms with Crippen molar-refractivity contribution < 1.29 is 19.7 Å². The second-order valence-corrected chi connectivity index (χ2v) is 4.68. The first kappa shape index (κ1) is 15.7. The zero-order chi connectivity index (χ0) is 13.7.